The Morgan fingerprint density at radius 1 is 1.25 bits per heavy atom. The molecule has 0 spiro atoms. The summed E-state index contributed by atoms with van der Waals surface area (Å²) in [5.74, 6) is 2.50. The summed E-state index contributed by atoms with van der Waals surface area (Å²) in [6.45, 7) is 4.38. The van der Waals surface area contributed by atoms with Gasteiger partial charge in [-0.1, -0.05) is 31.4 Å². The second-order valence-electron chi connectivity index (χ2n) is 5.77. The molecule has 1 fully saturated rings. The molecule has 20 heavy (non-hydrogen) atoms. The zero-order valence-corrected chi connectivity index (χ0v) is 13.4. The van der Waals surface area contributed by atoms with Gasteiger partial charge in [0.25, 0.3) is 0 Å². The van der Waals surface area contributed by atoms with Crippen molar-refractivity contribution < 1.29 is 4.74 Å². The third-order valence-corrected chi connectivity index (χ3v) is 4.68. The van der Waals surface area contributed by atoms with Crippen LogP contribution in [0, 0.1) is 11.8 Å². The van der Waals surface area contributed by atoms with E-state index in [1.54, 1.807) is 7.11 Å². The van der Waals surface area contributed by atoms with Gasteiger partial charge in [-0.3, -0.25) is 0 Å². The second kappa shape index (κ2) is 7.90. The van der Waals surface area contributed by atoms with E-state index in [2.05, 4.69) is 18.3 Å². The predicted octanol–water partition coefficient (Wildman–Crippen LogP) is 4.31. The van der Waals surface area contributed by atoms with Crippen LogP contribution in [0.25, 0.3) is 0 Å². The highest BCUT2D eigenvalue weighted by atomic mass is 35.5. The average Bonchev–Trinajstić information content (AvgIpc) is 2.47. The van der Waals surface area contributed by atoms with Gasteiger partial charge in [0.2, 0.25) is 0 Å². The normalized spacial score (nSPS) is 22.8. The Morgan fingerprint density at radius 3 is 2.70 bits per heavy atom. The van der Waals surface area contributed by atoms with Crippen molar-refractivity contribution in [2.24, 2.45) is 11.8 Å². The molecule has 2 rings (SSSR count). The minimum atomic E-state index is 0.746. The Bertz CT molecular complexity index is 421. The first-order valence-electron chi connectivity index (χ1n) is 7.77. The van der Waals surface area contributed by atoms with Crippen LogP contribution in [0.1, 0.15) is 38.2 Å². The molecule has 0 bridgehead atoms. The quantitative estimate of drug-likeness (QED) is 0.844. The molecular weight excluding hydrogens is 270 g/mol. The van der Waals surface area contributed by atoms with E-state index in [9.17, 15) is 0 Å². The number of hydrogen-bond donors (Lipinski definition) is 1. The molecule has 0 aromatic heterocycles. The van der Waals surface area contributed by atoms with Crippen LogP contribution in [0.3, 0.4) is 0 Å². The monoisotopic (exact) mass is 295 g/mol. The summed E-state index contributed by atoms with van der Waals surface area (Å²) >= 11 is 6.14. The lowest BCUT2D eigenvalue weighted by Crippen LogP contribution is -2.31. The minimum Gasteiger partial charge on any atom is -0.496 e. The molecule has 0 heterocycles. The van der Waals surface area contributed by atoms with E-state index in [1.165, 1.54) is 31.2 Å². The topological polar surface area (TPSA) is 21.3 Å². The van der Waals surface area contributed by atoms with Gasteiger partial charge in [0.1, 0.15) is 5.75 Å². The number of halogens is 1. The molecule has 0 radical (unpaired) electrons. The van der Waals surface area contributed by atoms with E-state index >= 15 is 0 Å². The van der Waals surface area contributed by atoms with E-state index in [1.807, 2.05) is 12.1 Å². The van der Waals surface area contributed by atoms with Crippen LogP contribution in [-0.2, 0) is 6.42 Å². The van der Waals surface area contributed by atoms with E-state index in [-0.39, 0.29) is 0 Å². The predicted molar refractivity (Wildman–Crippen MR) is 85.7 cm³/mol. The fraction of sp³-hybridized carbons (Fsp3) is 0.647. The maximum absolute atomic E-state index is 6.14. The number of nitrogens with one attached hydrogen (secondary N) is 1. The Morgan fingerprint density at radius 2 is 2.00 bits per heavy atom. The lowest BCUT2D eigenvalue weighted by molar-refractivity contribution is 0.228. The highest BCUT2D eigenvalue weighted by molar-refractivity contribution is 6.30. The van der Waals surface area contributed by atoms with E-state index in [4.69, 9.17) is 16.3 Å². The summed E-state index contributed by atoms with van der Waals surface area (Å²) in [6, 6.07) is 5.96. The number of rotatable bonds is 6. The molecule has 2 nitrogen and oxygen atoms in total. The Labute approximate surface area is 127 Å². The van der Waals surface area contributed by atoms with Gasteiger partial charge in [-0.15, -0.1) is 0 Å². The molecule has 0 saturated heterocycles. The van der Waals surface area contributed by atoms with Crippen LogP contribution < -0.4 is 10.1 Å². The zero-order valence-electron chi connectivity index (χ0n) is 12.6. The number of hydrogen-bond acceptors (Lipinski definition) is 2. The summed E-state index contributed by atoms with van der Waals surface area (Å²) in [4.78, 5) is 0. The van der Waals surface area contributed by atoms with Gasteiger partial charge in [-0.05, 0) is 68.0 Å². The lowest BCUT2D eigenvalue weighted by Gasteiger charge is -2.32. The van der Waals surface area contributed by atoms with Gasteiger partial charge in [0.05, 0.1) is 7.11 Å². The SMILES string of the molecule is CCNCC1CCCCC1Cc1cc(Cl)ccc1OC. The third kappa shape index (κ3) is 4.13. The minimum absolute atomic E-state index is 0.746. The van der Waals surface area contributed by atoms with Gasteiger partial charge < -0.3 is 10.1 Å². The number of methoxy groups -OCH3 is 1. The lowest BCUT2D eigenvalue weighted by atomic mass is 9.76. The number of benzene rings is 1. The van der Waals surface area contributed by atoms with Crippen molar-refractivity contribution in [1.82, 2.24) is 5.32 Å². The van der Waals surface area contributed by atoms with Crippen molar-refractivity contribution in [2.75, 3.05) is 20.2 Å². The summed E-state index contributed by atoms with van der Waals surface area (Å²) in [6.07, 6.45) is 6.49. The molecule has 0 aliphatic heterocycles. The molecule has 2 atom stereocenters. The maximum atomic E-state index is 6.14. The third-order valence-electron chi connectivity index (χ3n) is 4.45. The molecule has 1 saturated carbocycles. The molecule has 1 aromatic rings. The summed E-state index contributed by atoms with van der Waals surface area (Å²) in [5.41, 5.74) is 1.26. The zero-order chi connectivity index (χ0) is 14.4. The average molecular weight is 296 g/mol. The van der Waals surface area contributed by atoms with Crippen molar-refractivity contribution in [3.05, 3.63) is 28.8 Å². The molecular formula is C17H26ClNO. The van der Waals surface area contributed by atoms with Crippen molar-refractivity contribution in [2.45, 2.75) is 39.0 Å². The van der Waals surface area contributed by atoms with E-state index in [0.29, 0.717) is 0 Å². The smallest absolute Gasteiger partial charge is 0.122 e. The van der Waals surface area contributed by atoms with Crippen molar-refractivity contribution >= 4 is 11.6 Å². The molecule has 112 valence electrons. The van der Waals surface area contributed by atoms with Gasteiger partial charge >= 0.3 is 0 Å². The first-order valence-corrected chi connectivity index (χ1v) is 8.15. The van der Waals surface area contributed by atoms with Crippen LogP contribution in [0.2, 0.25) is 5.02 Å². The van der Waals surface area contributed by atoms with Crippen LogP contribution in [0.4, 0.5) is 0 Å². The second-order valence-corrected chi connectivity index (χ2v) is 6.21. The molecule has 3 heteroatoms. The van der Waals surface area contributed by atoms with Crippen molar-refractivity contribution in [1.29, 1.82) is 0 Å². The fourth-order valence-corrected chi connectivity index (χ4v) is 3.54. The van der Waals surface area contributed by atoms with E-state index in [0.717, 1.165) is 42.1 Å². The molecule has 0 amide bonds. The van der Waals surface area contributed by atoms with Crippen LogP contribution in [-0.4, -0.2) is 20.2 Å². The van der Waals surface area contributed by atoms with Crippen LogP contribution in [0.5, 0.6) is 5.75 Å². The molecule has 2 unspecified atom stereocenters. The summed E-state index contributed by atoms with van der Waals surface area (Å²) < 4.78 is 5.48. The molecule has 1 aliphatic rings. The van der Waals surface area contributed by atoms with Crippen molar-refractivity contribution in [3.63, 3.8) is 0 Å². The maximum Gasteiger partial charge on any atom is 0.122 e. The first kappa shape index (κ1) is 15.7. The Kier molecular flexibility index (Phi) is 6.18. The molecule has 1 N–H and O–H groups in total. The van der Waals surface area contributed by atoms with Gasteiger partial charge in [0, 0.05) is 5.02 Å². The highest BCUT2D eigenvalue weighted by Gasteiger charge is 2.25. The van der Waals surface area contributed by atoms with Gasteiger partial charge in [-0.25, -0.2) is 0 Å². The summed E-state index contributed by atoms with van der Waals surface area (Å²) in [5, 5.41) is 4.32. The van der Waals surface area contributed by atoms with E-state index < -0.39 is 0 Å². The van der Waals surface area contributed by atoms with Crippen molar-refractivity contribution in [3.8, 4) is 5.75 Å². The number of ether oxygens (including phenoxy) is 1. The Hall–Kier alpha value is -0.730. The van der Waals surface area contributed by atoms with Crippen LogP contribution >= 0.6 is 11.6 Å². The largest absolute Gasteiger partial charge is 0.496 e. The standard InChI is InChI=1S/C17H26ClNO/c1-3-19-12-14-7-5-4-6-13(14)10-15-11-16(18)8-9-17(15)20-2/h8-9,11,13-14,19H,3-7,10,12H2,1-2H3. The fourth-order valence-electron chi connectivity index (χ4n) is 3.34. The van der Waals surface area contributed by atoms with Crippen LogP contribution in [0.15, 0.2) is 18.2 Å². The van der Waals surface area contributed by atoms with Gasteiger partial charge in [0.15, 0.2) is 0 Å². The molecule has 1 aromatic carbocycles. The summed E-state index contributed by atoms with van der Waals surface area (Å²) in [7, 11) is 1.74. The first-order chi connectivity index (χ1) is 9.74. The Balaban J connectivity index is 2.07. The van der Waals surface area contributed by atoms with Gasteiger partial charge in [-0.2, -0.15) is 0 Å². The highest BCUT2D eigenvalue weighted by Crippen LogP contribution is 2.35. The molecule has 1 aliphatic carbocycles.